The van der Waals surface area contributed by atoms with Gasteiger partial charge in [-0.15, -0.1) is 0 Å². The number of nitrogens with zero attached hydrogens (tertiary/aromatic N) is 2. The summed E-state index contributed by atoms with van der Waals surface area (Å²) in [6.45, 7) is 7.06. The molecule has 0 aromatic heterocycles. The van der Waals surface area contributed by atoms with E-state index in [9.17, 15) is 0 Å². The van der Waals surface area contributed by atoms with E-state index >= 15 is 0 Å². The normalized spacial score (nSPS) is 11.7. The summed E-state index contributed by atoms with van der Waals surface area (Å²) >= 11 is 3.50. The van der Waals surface area contributed by atoms with Gasteiger partial charge in [0.1, 0.15) is 5.75 Å². The molecule has 0 amide bonds. The highest BCUT2D eigenvalue weighted by Gasteiger charge is 2.05. The van der Waals surface area contributed by atoms with Gasteiger partial charge in [-0.25, -0.2) is 4.99 Å². The van der Waals surface area contributed by atoms with Crippen LogP contribution in [0.1, 0.15) is 18.9 Å². The fourth-order valence-electron chi connectivity index (χ4n) is 2.33. The second kappa shape index (κ2) is 13.0. The van der Waals surface area contributed by atoms with Crippen molar-refractivity contribution in [2.75, 3.05) is 54.1 Å². The lowest BCUT2D eigenvalue weighted by molar-refractivity contribution is 0.180. The van der Waals surface area contributed by atoms with Crippen LogP contribution in [0, 0.1) is 0 Å². The van der Waals surface area contributed by atoms with Gasteiger partial charge in [-0.1, -0.05) is 15.9 Å². The first kappa shape index (κ1) is 21.7. The van der Waals surface area contributed by atoms with Gasteiger partial charge in [0, 0.05) is 49.9 Å². The summed E-state index contributed by atoms with van der Waals surface area (Å²) in [4.78, 5) is 6.95. The summed E-state index contributed by atoms with van der Waals surface area (Å²) < 4.78 is 11.5. The highest BCUT2D eigenvalue weighted by atomic mass is 79.9. The van der Waals surface area contributed by atoms with E-state index in [0.29, 0.717) is 6.54 Å². The Morgan fingerprint density at radius 2 is 2.04 bits per heavy atom. The molecule has 142 valence electrons. The standard InChI is InChI=1S/C18H31BrN4O2/c1-5-20-18(21-9-11-23(2)10-6-12-24-3)22-14-15-13-16(19)7-8-17(15)25-4/h7-8,13H,5-6,9-12,14H2,1-4H3,(H2,20,21,22). The molecule has 0 bridgehead atoms. The zero-order chi connectivity index (χ0) is 18.5. The van der Waals surface area contributed by atoms with Crippen molar-refractivity contribution < 1.29 is 9.47 Å². The Labute approximate surface area is 160 Å². The van der Waals surface area contributed by atoms with E-state index in [1.165, 1.54) is 0 Å². The maximum Gasteiger partial charge on any atom is 0.191 e. The molecule has 1 rings (SSSR count). The van der Waals surface area contributed by atoms with E-state index in [4.69, 9.17) is 9.47 Å². The second-order valence-corrected chi connectivity index (χ2v) is 6.64. The number of hydrogen-bond acceptors (Lipinski definition) is 4. The number of methoxy groups -OCH3 is 2. The van der Waals surface area contributed by atoms with Crippen LogP contribution in [-0.4, -0.2) is 64.9 Å². The first-order valence-corrected chi connectivity index (χ1v) is 9.42. The largest absolute Gasteiger partial charge is 0.496 e. The molecular formula is C18H31BrN4O2. The van der Waals surface area contributed by atoms with Crippen LogP contribution in [0.25, 0.3) is 0 Å². The molecule has 7 heteroatoms. The Bertz CT molecular complexity index is 526. The maximum absolute atomic E-state index is 5.40. The van der Waals surface area contributed by atoms with Gasteiger partial charge in [0.25, 0.3) is 0 Å². The van der Waals surface area contributed by atoms with Gasteiger partial charge in [0.2, 0.25) is 0 Å². The Morgan fingerprint density at radius 1 is 1.24 bits per heavy atom. The first-order valence-electron chi connectivity index (χ1n) is 8.62. The lowest BCUT2D eigenvalue weighted by Gasteiger charge is -2.18. The molecule has 0 saturated heterocycles. The number of ether oxygens (including phenoxy) is 2. The van der Waals surface area contributed by atoms with Crippen LogP contribution in [0.5, 0.6) is 5.75 Å². The number of rotatable bonds is 11. The molecule has 25 heavy (non-hydrogen) atoms. The van der Waals surface area contributed by atoms with Gasteiger partial charge in [0.15, 0.2) is 5.96 Å². The fraction of sp³-hybridized carbons (Fsp3) is 0.611. The van der Waals surface area contributed by atoms with Crippen molar-refractivity contribution in [3.63, 3.8) is 0 Å². The molecule has 0 saturated carbocycles. The number of nitrogens with one attached hydrogen (secondary N) is 2. The van der Waals surface area contributed by atoms with Crippen LogP contribution in [0.4, 0.5) is 0 Å². The lowest BCUT2D eigenvalue weighted by Crippen LogP contribution is -2.41. The van der Waals surface area contributed by atoms with E-state index in [2.05, 4.69) is 50.4 Å². The second-order valence-electron chi connectivity index (χ2n) is 5.73. The average Bonchev–Trinajstić information content (AvgIpc) is 2.60. The van der Waals surface area contributed by atoms with E-state index in [0.717, 1.165) is 61.0 Å². The first-order chi connectivity index (χ1) is 12.1. The molecule has 0 atom stereocenters. The van der Waals surface area contributed by atoms with Crippen molar-refractivity contribution in [3.05, 3.63) is 28.2 Å². The van der Waals surface area contributed by atoms with E-state index < -0.39 is 0 Å². The highest BCUT2D eigenvalue weighted by Crippen LogP contribution is 2.23. The maximum atomic E-state index is 5.40. The number of halogens is 1. The summed E-state index contributed by atoms with van der Waals surface area (Å²) in [7, 11) is 5.54. The van der Waals surface area contributed by atoms with Crippen LogP contribution in [0.3, 0.4) is 0 Å². The molecule has 0 unspecified atom stereocenters. The number of benzene rings is 1. The molecule has 1 aromatic rings. The molecule has 0 aliphatic rings. The van der Waals surface area contributed by atoms with Crippen LogP contribution in [0.15, 0.2) is 27.7 Å². The zero-order valence-corrected chi connectivity index (χ0v) is 17.4. The predicted octanol–water partition coefficient (Wildman–Crippen LogP) is 2.48. The van der Waals surface area contributed by atoms with Gasteiger partial charge in [-0.2, -0.15) is 0 Å². The Hall–Kier alpha value is -1.31. The number of aliphatic imine (C=N–C) groups is 1. The third-order valence-electron chi connectivity index (χ3n) is 3.67. The van der Waals surface area contributed by atoms with Crippen LogP contribution >= 0.6 is 15.9 Å². The molecule has 0 aliphatic heterocycles. The lowest BCUT2D eigenvalue weighted by atomic mass is 10.2. The van der Waals surface area contributed by atoms with Crippen molar-refractivity contribution in [1.82, 2.24) is 15.5 Å². The molecule has 0 radical (unpaired) electrons. The van der Waals surface area contributed by atoms with E-state index in [1.54, 1.807) is 14.2 Å². The Morgan fingerprint density at radius 3 is 2.72 bits per heavy atom. The average molecular weight is 415 g/mol. The van der Waals surface area contributed by atoms with Gasteiger partial charge < -0.3 is 25.0 Å². The number of guanidine groups is 1. The Balaban J connectivity index is 2.52. The van der Waals surface area contributed by atoms with Gasteiger partial charge in [-0.3, -0.25) is 0 Å². The SMILES string of the molecule is CCNC(=NCc1cc(Br)ccc1OC)NCCN(C)CCCOC. The summed E-state index contributed by atoms with van der Waals surface area (Å²) in [6, 6.07) is 5.95. The van der Waals surface area contributed by atoms with Crippen molar-refractivity contribution in [2.24, 2.45) is 4.99 Å². The molecule has 0 heterocycles. The van der Waals surface area contributed by atoms with Crippen LogP contribution in [-0.2, 0) is 11.3 Å². The zero-order valence-electron chi connectivity index (χ0n) is 15.8. The van der Waals surface area contributed by atoms with Crippen LogP contribution in [0.2, 0.25) is 0 Å². The van der Waals surface area contributed by atoms with Crippen molar-refractivity contribution >= 4 is 21.9 Å². The van der Waals surface area contributed by atoms with Crippen molar-refractivity contribution in [3.8, 4) is 5.75 Å². The Kier molecular flexibility index (Phi) is 11.3. The molecule has 2 N–H and O–H groups in total. The van der Waals surface area contributed by atoms with Crippen molar-refractivity contribution in [1.29, 1.82) is 0 Å². The third kappa shape index (κ3) is 9.09. The highest BCUT2D eigenvalue weighted by molar-refractivity contribution is 9.10. The molecule has 0 spiro atoms. The van der Waals surface area contributed by atoms with E-state index in [-0.39, 0.29) is 0 Å². The minimum absolute atomic E-state index is 0.557. The van der Waals surface area contributed by atoms with Crippen LogP contribution < -0.4 is 15.4 Å². The molecule has 0 fully saturated rings. The molecule has 0 aliphatic carbocycles. The summed E-state index contributed by atoms with van der Waals surface area (Å²) in [5.41, 5.74) is 1.05. The number of likely N-dealkylation sites (N-methyl/N-ethyl adjacent to an activating group) is 1. The topological polar surface area (TPSA) is 58.1 Å². The monoisotopic (exact) mass is 414 g/mol. The van der Waals surface area contributed by atoms with Crippen molar-refractivity contribution in [2.45, 2.75) is 19.9 Å². The molecule has 6 nitrogen and oxygen atoms in total. The van der Waals surface area contributed by atoms with Gasteiger partial charge in [0.05, 0.1) is 13.7 Å². The minimum Gasteiger partial charge on any atom is -0.496 e. The van der Waals surface area contributed by atoms with E-state index in [1.807, 2.05) is 18.2 Å². The molecular weight excluding hydrogens is 384 g/mol. The summed E-state index contributed by atoms with van der Waals surface area (Å²) in [5, 5.41) is 6.66. The quantitative estimate of drug-likeness (QED) is 0.331. The third-order valence-corrected chi connectivity index (χ3v) is 4.16. The van der Waals surface area contributed by atoms with Gasteiger partial charge >= 0.3 is 0 Å². The minimum atomic E-state index is 0.557. The summed E-state index contributed by atoms with van der Waals surface area (Å²) in [6.07, 6.45) is 1.05. The number of hydrogen-bond donors (Lipinski definition) is 2. The predicted molar refractivity (Wildman–Crippen MR) is 108 cm³/mol. The fourth-order valence-corrected chi connectivity index (χ4v) is 2.74. The van der Waals surface area contributed by atoms with Gasteiger partial charge in [-0.05, 0) is 38.6 Å². The summed E-state index contributed by atoms with van der Waals surface area (Å²) in [5.74, 6) is 1.66. The smallest absolute Gasteiger partial charge is 0.191 e. The molecule has 1 aromatic carbocycles.